The number of cyclic esters (lactones) is 1. The van der Waals surface area contributed by atoms with E-state index >= 15 is 0 Å². The summed E-state index contributed by atoms with van der Waals surface area (Å²) >= 11 is 0. The number of likely N-dealkylation sites (tertiary alicyclic amines) is 1. The minimum absolute atomic E-state index is 0. The third kappa shape index (κ3) is 12.2. The Kier molecular flexibility index (Phi) is 18.7. The van der Waals surface area contributed by atoms with E-state index in [1.165, 1.54) is 6.26 Å². The molecule has 2 fully saturated rings. The molecule has 0 spiro atoms. The molecule has 0 saturated carbocycles. The van der Waals surface area contributed by atoms with E-state index < -0.39 is 6.29 Å². The van der Waals surface area contributed by atoms with Gasteiger partial charge in [-0.15, -0.1) is 12.4 Å². The van der Waals surface area contributed by atoms with Crippen LogP contribution in [-0.4, -0.2) is 45.0 Å². The second-order valence-corrected chi connectivity index (χ2v) is 8.04. The molecule has 0 radical (unpaired) electrons. The highest BCUT2D eigenvalue weighted by molar-refractivity contribution is 5.85. The van der Waals surface area contributed by atoms with E-state index in [9.17, 15) is 9.59 Å². The summed E-state index contributed by atoms with van der Waals surface area (Å²) < 4.78 is 13.8. The number of nitrogens with zero attached hydrogens (tertiary/aromatic N) is 3. The number of hydrogen-bond acceptors (Lipinski definition) is 9. The molecule has 2 saturated heterocycles. The number of esters is 1. The number of halogens is 1. The van der Waals surface area contributed by atoms with Gasteiger partial charge >= 0.3 is 5.97 Å². The van der Waals surface area contributed by atoms with Crippen molar-refractivity contribution in [2.75, 3.05) is 6.54 Å². The molecule has 0 bridgehead atoms. The maximum Gasteiger partial charge on any atom is 0.308 e. The summed E-state index contributed by atoms with van der Waals surface area (Å²) in [5.41, 5.74) is 7.10. The van der Waals surface area contributed by atoms with Crippen LogP contribution >= 0.6 is 12.4 Å². The van der Waals surface area contributed by atoms with Gasteiger partial charge in [0.25, 0.3) is 0 Å². The van der Waals surface area contributed by atoms with Gasteiger partial charge in [0.05, 0.1) is 25.4 Å². The number of ether oxygens (including phenoxy) is 1. The maximum atomic E-state index is 11.7. The Morgan fingerprint density at radius 1 is 1.03 bits per heavy atom. The van der Waals surface area contributed by atoms with Crippen LogP contribution in [0.1, 0.15) is 78.4 Å². The first-order valence-corrected chi connectivity index (χ1v) is 11.1. The van der Waals surface area contributed by atoms with Crippen LogP contribution in [0.15, 0.2) is 34.0 Å². The molecule has 0 aliphatic carbocycles. The predicted molar refractivity (Wildman–Crippen MR) is 135 cm³/mol. The summed E-state index contributed by atoms with van der Waals surface area (Å²) in [7, 11) is 0. The summed E-state index contributed by atoms with van der Waals surface area (Å²) in [5.74, 6) is 0.570. The van der Waals surface area contributed by atoms with E-state index in [0.717, 1.165) is 43.4 Å². The normalized spacial score (nSPS) is 20.2. The van der Waals surface area contributed by atoms with Crippen molar-refractivity contribution in [1.29, 1.82) is 0 Å². The van der Waals surface area contributed by atoms with Crippen molar-refractivity contribution in [3.05, 3.63) is 36.0 Å². The van der Waals surface area contributed by atoms with Gasteiger partial charge in [0.15, 0.2) is 0 Å². The lowest BCUT2D eigenvalue weighted by Gasteiger charge is -2.14. The molecular weight excluding hydrogens is 476 g/mol. The van der Waals surface area contributed by atoms with Crippen LogP contribution in [0.5, 0.6) is 0 Å². The van der Waals surface area contributed by atoms with Gasteiger partial charge in [-0.2, -0.15) is 0 Å². The lowest BCUT2D eigenvalue weighted by Crippen LogP contribution is -2.24. The predicted octanol–water partition coefficient (Wildman–Crippen LogP) is 4.32. The zero-order valence-corrected chi connectivity index (χ0v) is 20.0. The molecule has 3 N–H and O–H groups in total. The first kappa shape index (κ1) is 34.7. The summed E-state index contributed by atoms with van der Waals surface area (Å²) in [6.45, 7) is 6.21. The van der Waals surface area contributed by atoms with Crippen molar-refractivity contribution in [2.45, 2.75) is 86.6 Å². The molecule has 2 aliphatic heterocycles. The van der Waals surface area contributed by atoms with Crippen LogP contribution in [0.2, 0.25) is 0 Å². The number of nitrogens with two attached hydrogens (primary N) is 1. The Morgan fingerprint density at radius 2 is 1.63 bits per heavy atom. The summed E-state index contributed by atoms with van der Waals surface area (Å²) in [5, 5.41) is 16.1. The number of amides is 1. The van der Waals surface area contributed by atoms with E-state index in [0.29, 0.717) is 31.8 Å². The fourth-order valence-electron chi connectivity index (χ4n) is 3.67. The molecule has 4 rings (SSSR count). The van der Waals surface area contributed by atoms with Crippen molar-refractivity contribution >= 4 is 24.3 Å². The number of carbonyl (C=O) groups excluding carboxylic acids is 2. The molecule has 3 atom stereocenters. The minimum Gasteiger partial charge on any atom is -0.436 e. The van der Waals surface area contributed by atoms with E-state index in [1.807, 2.05) is 11.8 Å². The molecule has 35 heavy (non-hydrogen) atoms. The van der Waals surface area contributed by atoms with Gasteiger partial charge in [0.2, 0.25) is 12.2 Å². The van der Waals surface area contributed by atoms with Gasteiger partial charge in [-0.3, -0.25) is 9.59 Å². The smallest absolute Gasteiger partial charge is 0.308 e. The first-order chi connectivity index (χ1) is 15.5. The largest absolute Gasteiger partial charge is 0.436 e. The molecule has 1 amide bonds. The van der Waals surface area contributed by atoms with Gasteiger partial charge < -0.3 is 29.5 Å². The Labute approximate surface area is 214 Å². The van der Waals surface area contributed by atoms with E-state index in [-0.39, 0.29) is 45.1 Å². The summed E-state index contributed by atoms with van der Waals surface area (Å²) in [6.07, 6.45) is 10.8. The third-order valence-electron chi connectivity index (χ3n) is 5.31. The lowest BCUT2D eigenvalue weighted by molar-refractivity contribution is -0.156. The zero-order valence-electron chi connectivity index (χ0n) is 19.2. The van der Waals surface area contributed by atoms with Crippen LogP contribution in [0.4, 0.5) is 0 Å². The highest BCUT2D eigenvalue weighted by Crippen LogP contribution is 2.24. The van der Waals surface area contributed by atoms with Gasteiger partial charge in [-0.1, -0.05) is 51.9 Å². The van der Waals surface area contributed by atoms with Crippen molar-refractivity contribution < 1.29 is 28.5 Å². The van der Waals surface area contributed by atoms with Crippen LogP contribution in [0.3, 0.4) is 0 Å². The first-order valence-electron chi connectivity index (χ1n) is 11.1. The zero-order chi connectivity index (χ0) is 23.3. The van der Waals surface area contributed by atoms with Gasteiger partial charge in [-0.25, -0.2) is 0 Å². The molecule has 11 heteroatoms. The average Bonchev–Trinajstić information content (AvgIpc) is 3.55. The SMILES string of the molecule is C.C.CCCC1CC(=O)N(Cc2cnoc2)C1.CCCC1CC(=O)OC1O.Cl.NCc1cnoc1. The fraction of sp³-hybridized carbons (Fsp3) is 0.667. The van der Waals surface area contributed by atoms with E-state index in [1.54, 1.807) is 18.7 Å². The Balaban J connectivity index is 0. The second kappa shape index (κ2) is 18.8. The quantitative estimate of drug-likeness (QED) is 0.511. The van der Waals surface area contributed by atoms with E-state index in [2.05, 4.69) is 26.5 Å². The molecule has 2 aliphatic rings. The third-order valence-corrected chi connectivity index (χ3v) is 5.31. The molecular formula is C24H43ClN4O6. The fourth-order valence-corrected chi connectivity index (χ4v) is 3.67. The van der Waals surface area contributed by atoms with Gasteiger partial charge in [0, 0.05) is 36.6 Å². The van der Waals surface area contributed by atoms with Gasteiger partial charge in [-0.05, 0) is 18.8 Å². The molecule has 3 unspecified atom stereocenters. The van der Waals surface area contributed by atoms with Crippen LogP contribution in [0.25, 0.3) is 0 Å². The van der Waals surface area contributed by atoms with Crippen molar-refractivity contribution in [3.63, 3.8) is 0 Å². The topological polar surface area (TPSA) is 145 Å². The lowest BCUT2D eigenvalue weighted by atomic mass is 10.0. The van der Waals surface area contributed by atoms with Crippen molar-refractivity contribution in [3.8, 4) is 0 Å². The minimum atomic E-state index is -0.840. The van der Waals surface area contributed by atoms with Crippen molar-refractivity contribution in [2.24, 2.45) is 17.6 Å². The van der Waals surface area contributed by atoms with E-state index in [4.69, 9.17) is 15.4 Å². The molecule has 202 valence electrons. The Hall–Kier alpha value is -2.43. The van der Waals surface area contributed by atoms with Crippen LogP contribution < -0.4 is 5.73 Å². The number of carbonyl (C=O) groups is 2. The standard InChI is InChI=1S/C11H16N2O2.C7H12O3.C4H6N2O.2CH4.ClH/c1-2-3-9-4-11(14)13(6-9)7-10-5-12-15-8-10;1-2-3-5-4-6(8)10-7(5)9;5-1-4-2-6-7-3-4;;;/h5,8-9H,2-4,6-7H2,1H3;5,7,9H,2-4H2,1H3;2-3H,1,5H2;2*1H4;1H. The molecule has 4 heterocycles. The number of aromatic nitrogens is 2. The number of aliphatic hydroxyl groups is 1. The summed E-state index contributed by atoms with van der Waals surface area (Å²) in [4.78, 5) is 24.1. The maximum absolute atomic E-state index is 11.7. The second-order valence-electron chi connectivity index (χ2n) is 8.04. The van der Waals surface area contributed by atoms with Crippen molar-refractivity contribution in [1.82, 2.24) is 15.2 Å². The molecule has 2 aromatic heterocycles. The highest BCUT2D eigenvalue weighted by atomic mass is 35.5. The van der Waals surface area contributed by atoms with Crippen LogP contribution in [-0.2, 0) is 27.4 Å². The Morgan fingerprint density at radius 3 is 2.06 bits per heavy atom. The Bertz CT molecular complexity index is 788. The molecule has 0 aromatic carbocycles. The molecule has 2 aromatic rings. The van der Waals surface area contributed by atoms with Gasteiger partial charge in [0.1, 0.15) is 12.5 Å². The molecule has 10 nitrogen and oxygen atoms in total. The highest BCUT2D eigenvalue weighted by Gasteiger charge is 2.32. The van der Waals surface area contributed by atoms with Crippen LogP contribution in [0, 0.1) is 11.8 Å². The number of aliphatic hydroxyl groups excluding tert-OH is 1. The summed E-state index contributed by atoms with van der Waals surface area (Å²) in [6, 6.07) is 0. The monoisotopic (exact) mass is 518 g/mol. The number of hydrogen-bond donors (Lipinski definition) is 2. The number of rotatable bonds is 7. The average molecular weight is 519 g/mol.